The molecule has 0 heterocycles. The van der Waals surface area contributed by atoms with Crippen LogP contribution < -0.4 is 5.32 Å². The van der Waals surface area contributed by atoms with E-state index in [1.54, 1.807) is 0 Å². The third-order valence-corrected chi connectivity index (χ3v) is 3.23. The predicted molar refractivity (Wildman–Crippen MR) is 78.6 cm³/mol. The summed E-state index contributed by atoms with van der Waals surface area (Å²) in [5, 5.41) is 3.64. The summed E-state index contributed by atoms with van der Waals surface area (Å²) in [7, 11) is 2.28. The van der Waals surface area contributed by atoms with Crippen molar-refractivity contribution >= 4 is 0 Å². The van der Waals surface area contributed by atoms with Crippen LogP contribution in [0.2, 0.25) is 0 Å². The molecule has 0 aromatic rings. The summed E-state index contributed by atoms with van der Waals surface area (Å²) < 4.78 is 0. The molecule has 0 spiro atoms. The van der Waals surface area contributed by atoms with Crippen molar-refractivity contribution in [3.05, 3.63) is 0 Å². The highest BCUT2D eigenvalue weighted by atomic mass is 15.2. The number of likely N-dealkylation sites (N-methyl/N-ethyl adjacent to an activating group) is 1. The van der Waals surface area contributed by atoms with Crippen LogP contribution in [0.4, 0.5) is 0 Å². The summed E-state index contributed by atoms with van der Waals surface area (Å²) in [6, 6.07) is 0.691. The second-order valence-electron chi connectivity index (χ2n) is 6.26. The molecule has 0 bridgehead atoms. The van der Waals surface area contributed by atoms with Gasteiger partial charge in [0.25, 0.3) is 0 Å². The van der Waals surface area contributed by atoms with Gasteiger partial charge >= 0.3 is 0 Å². The van der Waals surface area contributed by atoms with E-state index in [0.29, 0.717) is 6.04 Å². The second kappa shape index (κ2) is 8.93. The highest BCUT2D eigenvalue weighted by Crippen LogP contribution is 2.08. The minimum atomic E-state index is 0.232. The van der Waals surface area contributed by atoms with E-state index in [2.05, 4.69) is 51.9 Å². The molecular formula is C15H34N2. The molecule has 104 valence electrons. The van der Waals surface area contributed by atoms with Crippen LogP contribution in [0.25, 0.3) is 0 Å². The maximum atomic E-state index is 3.64. The zero-order valence-electron chi connectivity index (χ0n) is 13.0. The molecule has 0 saturated heterocycles. The van der Waals surface area contributed by atoms with E-state index in [-0.39, 0.29) is 5.54 Å². The van der Waals surface area contributed by atoms with E-state index in [1.165, 1.54) is 38.6 Å². The normalized spacial score (nSPS) is 14.3. The summed E-state index contributed by atoms with van der Waals surface area (Å²) in [6.07, 6.45) is 6.57. The number of unbranched alkanes of at least 4 members (excludes halogenated alkanes) is 2. The largest absolute Gasteiger partial charge is 0.311 e. The maximum Gasteiger partial charge on any atom is 0.0217 e. The molecule has 0 radical (unpaired) electrons. The van der Waals surface area contributed by atoms with Gasteiger partial charge < -0.3 is 10.2 Å². The Morgan fingerprint density at radius 2 is 1.71 bits per heavy atom. The smallest absolute Gasteiger partial charge is 0.0217 e. The molecule has 0 amide bonds. The highest BCUT2D eigenvalue weighted by molar-refractivity contribution is 4.77. The van der Waals surface area contributed by atoms with Crippen LogP contribution in [0.5, 0.6) is 0 Å². The zero-order chi connectivity index (χ0) is 13.3. The summed E-state index contributed by atoms with van der Waals surface area (Å²) in [5.74, 6) is 0. The molecule has 0 fully saturated rings. The fraction of sp³-hybridized carbons (Fsp3) is 1.00. The quantitative estimate of drug-likeness (QED) is 0.621. The van der Waals surface area contributed by atoms with Crippen molar-refractivity contribution < 1.29 is 0 Å². The Balaban J connectivity index is 4.02. The standard InChI is InChI=1S/C15H34N2/c1-7-9-10-12-17(6)14(11-8-2)13-16-15(3,4)5/h14,16H,7-13H2,1-6H3. The van der Waals surface area contributed by atoms with Crippen LogP contribution >= 0.6 is 0 Å². The molecular weight excluding hydrogens is 208 g/mol. The van der Waals surface area contributed by atoms with Crippen LogP contribution in [0, 0.1) is 0 Å². The molecule has 0 aromatic heterocycles. The SMILES string of the molecule is CCCCCN(C)C(CCC)CNC(C)(C)C. The van der Waals surface area contributed by atoms with Crippen LogP contribution in [0.15, 0.2) is 0 Å². The molecule has 17 heavy (non-hydrogen) atoms. The molecule has 1 N–H and O–H groups in total. The van der Waals surface area contributed by atoms with E-state index in [1.807, 2.05) is 0 Å². The van der Waals surface area contributed by atoms with E-state index >= 15 is 0 Å². The van der Waals surface area contributed by atoms with Gasteiger partial charge in [0.05, 0.1) is 0 Å². The second-order valence-corrected chi connectivity index (χ2v) is 6.26. The Morgan fingerprint density at radius 3 is 2.18 bits per heavy atom. The number of hydrogen-bond acceptors (Lipinski definition) is 2. The molecule has 1 unspecified atom stereocenters. The first-order valence-corrected chi connectivity index (χ1v) is 7.36. The lowest BCUT2D eigenvalue weighted by molar-refractivity contribution is 0.206. The Morgan fingerprint density at radius 1 is 1.06 bits per heavy atom. The number of nitrogens with one attached hydrogen (secondary N) is 1. The van der Waals surface area contributed by atoms with Gasteiger partial charge in [0.15, 0.2) is 0 Å². The van der Waals surface area contributed by atoms with Gasteiger partial charge in [-0.05, 0) is 47.2 Å². The summed E-state index contributed by atoms with van der Waals surface area (Å²) in [5.41, 5.74) is 0.232. The Labute approximate surface area is 109 Å². The molecule has 2 nitrogen and oxygen atoms in total. The van der Waals surface area contributed by atoms with Gasteiger partial charge in [-0.15, -0.1) is 0 Å². The molecule has 0 aliphatic rings. The molecule has 0 aromatic carbocycles. The van der Waals surface area contributed by atoms with Crippen molar-refractivity contribution in [3.8, 4) is 0 Å². The molecule has 0 rings (SSSR count). The van der Waals surface area contributed by atoms with Crippen LogP contribution in [-0.2, 0) is 0 Å². The van der Waals surface area contributed by atoms with Crippen molar-refractivity contribution in [2.45, 2.75) is 78.3 Å². The lowest BCUT2D eigenvalue weighted by Gasteiger charge is -2.31. The Hall–Kier alpha value is -0.0800. The first-order valence-electron chi connectivity index (χ1n) is 7.36. The topological polar surface area (TPSA) is 15.3 Å². The van der Waals surface area contributed by atoms with Gasteiger partial charge in [-0.2, -0.15) is 0 Å². The van der Waals surface area contributed by atoms with E-state index < -0.39 is 0 Å². The van der Waals surface area contributed by atoms with Crippen molar-refractivity contribution in [3.63, 3.8) is 0 Å². The average molecular weight is 242 g/mol. The predicted octanol–water partition coefficient (Wildman–Crippen LogP) is 3.67. The minimum Gasteiger partial charge on any atom is -0.311 e. The number of rotatable bonds is 9. The van der Waals surface area contributed by atoms with Gasteiger partial charge in [0.2, 0.25) is 0 Å². The molecule has 2 heteroatoms. The highest BCUT2D eigenvalue weighted by Gasteiger charge is 2.16. The fourth-order valence-corrected chi connectivity index (χ4v) is 2.03. The van der Waals surface area contributed by atoms with Crippen LogP contribution in [-0.4, -0.2) is 36.6 Å². The molecule has 0 aliphatic heterocycles. The number of hydrogen-bond donors (Lipinski definition) is 1. The lowest BCUT2D eigenvalue weighted by atomic mass is 10.1. The first-order chi connectivity index (χ1) is 7.90. The molecule has 0 aliphatic carbocycles. The van der Waals surface area contributed by atoms with Gasteiger partial charge in [-0.3, -0.25) is 0 Å². The monoisotopic (exact) mass is 242 g/mol. The molecule has 1 atom stereocenters. The van der Waals surface area contributed by atoms with E-state index in [9.17, 15) is 0 Å². The van der Waals surface area contributed by atoms with Gasteiger partial charge in [-0.1, -0.05) is 33.1 Å². The summed E-state index contributed by atoms with van der Waals surface area (Å²) in [6.45, 7) is 13.6. The van der Waals surface area contributed by atoms with Crippen molar-refractivity contribution in [2.24, 2.45) is 0 Å². The average Bonchev–Trinajstić information content (AvgIpc) is 2.23. The van der Waals surface area contributed by atoms with E-state index in [4.69, 9.17) is 0 Å². The Bertz CT molecular complexity index is 172. The fourth-order valence-electron chi connectivity index (χ4n) is 2.03. The Kier molecular flexibility index (Phi) is 8.89. The van der Waals surface area contributed by atoms with Crippen molar-refractivity contribution in [1.29, 1.82) is 0 Å². The van der Waals surface area contributed by atoms with Gasteiger partial charge in [0, 0.05) is 18.1 Å². The van der Waals surface area contributed by atoms with Gasteiger partial charge in [0.1, 0.15) is 0 Å². The van der Waals surface area contributed by atoms with Crippen molar-refractivity contribution in [1.82, 2.24) is 10.2 Å². The zero-order valence-corrected chi connectivity index (χ0v) is 13.0. The third-order valence-electron chi connectivity index (χ3n) is 3.23. The van der Waals surface area contributed by atoms with Crippen LogP contribution in [0.3, 0.4) is 0 Å². The van der Waals surface area contributed by atoms with Crippen molar-refractivity contribution in [2.75, 3.05) is 20.1 Å². The van der Waals surface area contributed by atoms with Crippen LogP contribution in [0.1, 0.15) is 66.7 Å². The summed E-state index contributed by atoms with van der Waals surface area (Å²) in [4.78, 5) is 2.54. The third kappa shape index (κ3) is 9.61. The van der Waals surface area contributed by atoms with E-state index in [0.717, 1.165) is 6.54 Å². The minimum absolute atomic E-state index is 0.232. The number of nitrogens with zero attached hydrogens (tertiary/aromatic N) is 1. The maximum absolute atomic E-state index is 3.64. The summed E-state index contributed by atoms with van der Waals surface area (Å²) >= 11 is 0. The first kappa shape index (κ1) is 16.9. The van der Waals surface area contributed by atoms with Gasteiger partial charge in [-0.25, -0.2) is 0 Å². The lowest BCUT2D eigenvalue weighted by Crippen LogP contribution is -2.46. The molecule has 0 saturated carbocycles.